The first kappa shape index (κ1) is 12.0. The number of hydrogen-bond donors (Lipinski definition) is 1. The Morgan fingerprint density at radius 2 is 2.35 bits per heavy atom. The lowest BCUT2D eigenvalue weighted by molar-refractivity contribution is -0.122. The van der Waals surface area contributed by atoms with Crippen molar-refractivity contribution in [3.63, 3.8) is 0 Å². The van der Waals surface area contributed by atoms with Crippen molar-refractivity contribution in [3.05, 3.63) is 29.6 Å². The Kier molecular flexibility index (Phi) is 3.09. The molecule has 0 radical (unpaired) electrons. The van der Waals surface area contributed by atoms with Gasteiger partial charge in [-0.05, 0) is 24.6 Å². The van der Waals surface area contributed by atoms with Crippen LogP contribution in [0.2, 0.25) is 0 Å². The van der Waals surface area contributed by atoms with Crippen LogP contribution >= 0.6 is 0 Å². The van der Waals surface area contributed by atoms with Gasteiger partial charge in [0.05, 0.1) is 12.2 Å². The number of aromatic nitrogens is 1. The largest absolute Gasteiger partial charge is 0.350 e. The summed E-state index contributed by atoms with van der Waals surface area (Å²) in [5, 5.41) is 2.60. The minimum absolute atomic E-state index is 0.0984. The van der Waals surface area contributed by atoms with Crippen molar-refractivity contribution in [1.82, 2.24) is 10.3 Å². The molecule has 92 valence electrons. The summed E-state index contributed by atoms with van der Waals surface area (Å²) in [4.78, 5) is 15.4. The number of nitrogens with zero attached hydrogens (tertiary/aromatic N) is 1. The van der Waals surface area contributed by atoms with E-state index in [1.807, 2.05) is 19.1 Å². The Labute approximate surface area is 98.2 Å². The first-order chi connectivity index (χ1) is 7.97. The minimum Gasteiger partial charge on any atom is -0.350 e. The molecule has 1 heterocycles. The first-order valence-electron chi connectivity index (χ1n) is 5.53. The summed E-state index contributed by atoms with van der Waals surface area (Å²) < 4.78 is 25.2. The van der Waals surface area contributed by atoms with Crippen LogP contribution in [0.4, 0.5) is 8.78 Å². The van der Waals surface area contributed by atoms with Crippen LogP contribution in [0.25, 0.3) is 0 Å². The maximum Gasteiger partial charge on any atom is 0.252 e. The molecule has 5 heteroatoms. The number of carbonyl (C=O) groups is 1. The molecule has 0 spiro atoms. The van der Waals surface area contributed by atoms with Crippen LogP contribution in [-0.2, 0) is 11.3 Å². The molecule has 1 atom stereocenters. The third-order valence-electron chi connectivity index (χ3n) is 2.83. The van der Waals surface area contributed by atoms with Gasteiger partial charge in [-0.2, -0.15) is 0 Å². The average Bonchev–Trinajstić information content (AvgIpc) is 2.83. The second kappa shape index (κ2) is 4.39. The second-order valence-corrected chi connectivity index (χ2v) is 4.47. The van der Waals surface area contributed by atoms with Gasteiger partial charge in [0.2, 0.25) is 5.91 Å². The number of alkyl halides is 2. The summed E-state index contributed by atoms with van der Waals surface area (Å²) in [5.74, 6) is -3.73. The third-order valence-corrected chi connectivity index (χ3v) is 2.83. The summed E-state index contributed by atoms with van der Waals surface area (Å²) >= 11 is 0. The van der Waals surface area contributed by atoms with Crippen molar-refractivity contribution in [3.8, 4) is 0 Å². The molecule has 1 aliphatic rings. The smallest absolute Gasteiger partial charge is 0.252 e. The van der Waals surface area contributed by atoms with E-state index < -0.39 is 11.8 Å². The van der Waals surface area contributed by atoms with Crippen molar-refractivity contribution in [1.29, 1.82) is 0 Å². The number of amides is 1. The van der Waals surface area contributed by atoms with E-state index >= 15 is 0 Å². The topological polar surface area (TPSA) is 42.0 Å². The molecule has 3 nitrogen and oxygen atoms in total. The molecule has 1 aromatic rings. The van der Waals surface area contributed by atoms with E-state index in [0.29, 0.717) is 6.54 Å². The Balaban J connectivity index is 1.77. The third kappa shape index (κ3) is 3.22. The normalized spacial score (nSPS) is 21.0. The van der Waals surface area contributed by atoms with E-state index in [9.17, 15) is 13.6 Å². The predicted molar refractivity (Wildman–Crippen MR) is 58.5 cm³/mol. The summed E-state index contributed by atoms with van der Waals surface area (Å²) in [6.45, 7) is 2.22. The number of pyridine rings is 1. The number of rotatable bonds is 4. The monoisotopic (exact) mass is 240 g/mol. The van der Waals surface area contributed by atoms with E-state index in [-0.39, 0.29) is 18.7 Å². The van der Waals surface area contributed by atoms with E-state index in [4.69, 9.17) is 0 Å². The fourth-order valence-corrected chi connectivity index (χ4v) is 1.67. The molecule has 0 unspecified atom stereocenters. The lowest BCUT2D eigenvalue weighted by atomic mass is 10.2. The SMILES string of the molecule is Cc1ccnc(CNC(=O)C[C@@H]2CC2(F)F)c1. The molecule has 17 heavy (non-hydrogen) atoms. The molecule has 1 fully saturated rings. The second-order valence-electron chi connectivity index (χ2n) is 4.47. The van der Waals surface area contributed by atoms with Gasteiger partial charge >= 0.3 is 0 Å². The number of carbonyl (C=O) groups excluding carboxylic acids is 1. The number of hydrogen-bond acceptors (Lipinski definition) is 2. The molecule has 2 rings (SSSR count). The Morgan fingerprint density at radius 3 is 2.94 bits per heavy atom. The van der Waals surface area contributed by atoms with Gasteiger partial charge in [-0.15, -0.1) is 0 Å². The zero-order valence-electron chi connectivity index (χ0n) is 9.54. The Hall–Kier alpha value is -1.52. The molecule has 0 aromatic carbocycles. The van der Waals surface area contributed by atoms with Crippen molar-refractivity contribution < 1.29 is 13.6 Å². The first-order valence-corrected chi connectivity index (χ1v) is 5.53. The van der Waals surface area contributed by atoms with Crippen molar-refractivity contribution >= 4 is 5.91 Å². The highest BCUT2D eigenvalue weighted by Crippen LogP contribution is 2.50. The molecule has 0 saturated heterocycles. The van der Waals surface area contributed by atoms with Gasteiger partial charge in [0.15, 0.2) is 0 Å². The Bertz CT molecular complexity index is 434. The van der Waals surface area contributed by atoms with Crippen molar-refractivity contribution in [2.75, 3.05) is 0 Å². The van der Waals surface area contributed by atoms with Crippen molar-refractivity contribution in [2.24, 2.45) is 5.92 Å². The number of halogens is 2. The van der Waals surface area contributed by atoms with Gasteiger partial charge in [0, 0.05) is 25.0 Å². The fraction of sp³-hybridized carbons (Fsp3) is 0.500. The summed E-state index contributed by atoms with van der Waals surface area (Å²) in [7, 11) is 0. The van der Waals surface area contributed by atoms with E-state index in [2.05, 4.69) is 10.3 Å². The highest BCUT2D eigenvalue weighted by atomic mass is 19.3. The molecule has 0 aliphatic heterocycles. The van der Waals surface area contributed by atoms with Gasteiger partial charge in [-0.25, -0.2) is 8.78 Å². The molecule has 1 saturated carbocycles. The van der Waals surface area contributed by atoms with E-state index in [0.717, 1.165) is 11.3 Å². The van der Waals surface area contributed by atoms with E-state index in [1.54, 1.807) is 6.20 Å². The van der Waals surface area contributed by atoms with Crippen LogP contribution in [0.1, 0.15) is 24.1 Å². The summed E-state index contributed by atoms with van der Waals surface area (Å²) in [5.41, 5.74) is 1.79. The lowest BCUT2D eigenvalue weighted by Gasteiger charge is -2.04. The fourth-order valence-electron chi connectivity index (χ4n) is 1.67. The zero-order valence-corrected chi connectivity index (χ0v) is 9.54. The van der Waals surface area contributed by atoms with Crippen LogP contribution < -0.4 is 5.32 Å². The molecule has 0 bridgehead atoms. The highest BCUT2D eigenvalue weighted by molar-refractivity contribution is 5.76. The molecular weight excluding hydrogens is 226 g/mol. The maximum atomic E-state index is 12.6. The predicted octanol–water partition coefficient (Wildman–Crippen LogP) is 2.05. The van der Waals surface area contributed by atoms with Crippen molar-refractivity contribution in [2.45, 2.75) is 32.2 Å². The summed E-state index contributed by atoms with van der Waals surface area (Å²) in [6.07, 6.45) is 1.40. The van der Waals surface area contributed by atoms with Crippen LogP contribution in [0.15, 0.2) is 18.3 Å². The number of nitrogens with one attached hydrogen (secondary N) is 1. The average molecular weight is 240 g/mol. The van der Waals surface area contributed by atoms with Gasteiger partial charge in [0.1, 0.15) is 0 Å². The van der Waals surface area contributed by atoms with Gasteiger partial charge in [0.25, 0.3) is 5.92 Å². The van der Waals surface area contributed by atoms with E-state index in [1.165, 1.54) is 0 Å². The zero-order chi connectivity index (χ0) is 12.5. The number of aryl methyl sites for hydroxylation is 1. The molecule has 1 N–H and O–H groups in total. The van der Waals surface area contributed by atoms with Gasteiger partial charge in [-0.1, -0.05) is 0 Å². The Morgan fingerprint density at radius 1 is 1.65 bits per heavy atom. The lowest BCUT2D eigenvalue weighted by Crippen LogP contribution is -2.24. The molecule has 1 aliphatic carbocycles. The summed E-state index contributed by atoms with van der Waals surface area (Å²) in [6, 6.07) is 3.71. The standard InChI is InChI=1S/C12H14F2N2O/c1-8-2-3-15-10(4-8)7-16-11(17)5-9-6-12(9,13)14/h2-4,9H,5-7H2,1H3,(H,16,17)/t9-/m1/s1. The molecular formula is C12H14F2N2O. The maximum absolute atomic E-state index is 12.6. The highest BCUT2D eigenvalue weighted by Gasteiger charge is 2.57. The van der Waals surface area contributed by atoms with Crippen LogP contribution in [0.5, 0.6) is 0 Å². The quantitative estimate of drug-likeness (QED) is 0.875. The molecule has 1 aromatic heterocycles. The van der Waals surface area contributed by atoms with Crippen LogP contribution in [0, 0.1) is 12.8 Å². The van der Waals surface area contributed by atoms with Crippen LogP contribution in [-0.4, -0.2) is 16.8 Å². The van der Waals surface area contributed by atoms with Gasteiger partial charge < -0.3 is 5.32 Å². The molecule has 1 amide bonds. The minimum atomic E-state index is -2.63. The van der Waals surface area contributed by atoms with Crippen LogP contribution in [0.3, 0.4) is 0 Å². The van der Waals surface area contributed by atoms with Gasteiger partial charge in [-0.3, -0.25) is 9.78 Å².